The van der Waals surface area contributed by atoms with Gasteiger partial charge < -0.3 is 19.7 Å². The number of nitrogens with zero attached hydrogens (tertiary/aromatic N) is 1. The van der Waals surface area contributed by atoms with Gasteiger partial charge in [0.1, 0.15) is 5.82 Å². The van der Waals surface area contributed by atoms with Gasteiger partial charge in [0, 0.05) is 24.7 Å². The number of hydrogen-bond donors (Lipinski definition) is 1. The summed E-state index contributed by atoms with van der Waals surface area (Å²) < 4.78 is 23.5. The number of nitrogens with one attached hydrogen (secondary N) is 1. The van der Waals surface area contributed by atoms with Crippen molar-refractivity contribution in [1.82, 2.24) is 5.32 Å². The standard InChI is InChI=1S/C21H21FN2O4/c1-27-18-9-3-14(11-19(18)28-2)4-10-20(25)23-16-12-21(26)24(13-16)17-7-5-15(22)6-8-17/h3-11,16H,12-13H2,1-2H3,(H,23,25)/b10-4-/t16-/m0/s1. The van der Waals surface area contributed by atoms with Gasteiger partial charge in [-0.2, -0.15) is 0 Å². The molecule has 2 aromatic carbocycles. The van der Waals surface area contributed by atoms with Gasteiger partial charge >= 0.3 is 0 Å². The van der Waals surface area contributed by atoms with E-state index in [1.165, 1.54) is 18.2 Å². The summed E-state index contributed by atoms with van der Waals surface area (Å²) in [6, 6.07) is 10.7. The number of amides is 2. The van der Waals surface area contributed by atoms with Crippen molar-refractivity contribution >= 4 is 23.6 Å². The van der Waals surface area contributed by atoms with Crippen molar-refractivity contribution in [2.45, 2.75) is 12.5 Å². The third-order valence-electron chi connectivity index (χ3n) is 4.44. The zero-order chi connectivity index (χ0) is 20.1. The minimum atomic E-state index is -0.361. The van der Waals surface area contributed by atoms with Crippen molar-refractivity contribution < 1.29 is 23.5 Å². The molecule has 3 rings (SSSR count). The smallest absolute Gasteiger partial charge is 0.244 e. The van der Waals surface area contributed by atoms with E-state index < -0.39 is 0 Å². The van der Waals surface area contributed by atoms with Gasteiger partial charge in [-0.15, -0.1) is 0 Å². The summed E-state index contributed by atoms with van der Waals surface area (Å²) in [5, 5.41) is 2.82. The number of carbonyl (C=O) groups excluding carboxylic acids is 2. The Hall–Kier alpha value is -3.35. The summed E-state index contributed by atoms with van der Waals surface area (Å²) >= 11 is 0. The summed E-state index contributed by atoms with van der Waals surface area (Å²) in [6.45, 7) is 0.348. The lowest BCUT2D eigenvalue weighted by molar-refractivity contribution is -0.117. The first-order chi connectivity index (χ1) is 13.5. The molecule has 28 heavy (non-hydrogen) atoms. The number of ether oxygens (including phenoxy) is 2. The lowest BCUT2D eigenvalue weighted by Gasteiger charge is -2.16. The third kappa shape index (κ3) is 4.49. The Kier molecular flexibility index (Phi) is 5.93. The molecule has 0 saturated carbocycles. The van der Waals surface area contributed by atoms with Crippen LogP contribution < -0.4 is 19.7 Å². The number of benzene rings is 2. The highest BCUT2D eigenvalue weighted by molar-refractivity contribution is 5.98. The zero-order valence-corrected chi connectivity index (χ0v) is 15.6. The molecule has 6 nitrogen and oxygen atoms in total. The van der Waals surface area contributed by atoms with Gasteiger partial charge in [-0.3, -0.25) is 9.59 Å². The molecule has 0 aromatic heterocycles. The van der Waals surface area contributed by atoms with Crippen LogP contribution in [0.2, 0.25) is 0 Å². The Labute approximate surface area is 162 Å². The topological polar surface area (TPSA) is 67.9 Å². The van der Waals surface area contributed by atoms with Gasteiger partial charge in [-0.05, 0) is 48.0 Å². The number of hydrogen-bond acceptors (Lipinski definition) is 4. The Morgan fingerprint density at radius 3 is 2.54 bits per heavy atom. The van der Waals surface area contributed by atoms with Crippen molar-refractivity contribution in [3.8, 4) is 11.5 Å². The van der Waals surface area contributed by atoms with Gasteiger partial charge in [0.05, 0.1) is 20.3 Å². The number of halogens is 1. The summed E-state index contributed by atoms with van der Waals surface area (Å²) in [5.74, 6) is 0.408. The Morgan fingerprint density at radius 2 is 1.86 bits per heavy atom. The van der Waals surface area contributed by atoms with Gasteiger partial charge in [0.25, 0.3) is 0 Å². The van der Waals surface area contributed by atoms with Crippen LogP contribution in [-0.2, 0) is 9.59 Å². The highest BCUT2D eigenvalue weighted by Gasteiger charge is 2.31. The van der Waals surface area contributed by atoms with Crippen LogP contribution in [0.15, 0.2) is 48.5 Å². The Bertz CT molecular complexity index is 896. The fourth-order valence-corrected chi connectivity index (χ4v) is 3.05. The fraction of sp³-hybridized carbons (Fsp3) is 0.238. The van der Waals surface area contributed by atoms with Crippen molar-refractivity contribution in [3.63, 3.8) is 0 Å². The molecule has 146 valence electrons. The van der Waals surface area contributed by atoms with Crippen LogP contribution in [0.25, 0.3) is 6.08 Å². The first-order valence-corrected chi connectivity index (χ1v) is 8.76. The van der Waals surface area contributed by atoms with Gasteiger partial charge in [0.2, 0.25) is 11.8 Å². The third-order valence-corrected chi connectivity index (χ3v) is 4.44. The lowest BCUT2D eigenvalue weighted by Crippen LogP contribution is -2.36. The van der Waals surface area contributed by atoms with E-state index in [1.54, 1.807) is 55.5 Å². The van der Waals surface area contributed by atoms with Gasteiger partial charge in [0.15, 0.2) is 11.5 Å². The maximum absolute atomic E-state index is 13.1. The second-order valence-corrected chi connectivity index (χ2v) is 6.34. The summed E-state index contributed by atoms with van der Waals surface area (Å²) in [6.07, 6.45) is 3.27. The SMILES string of the molecule is COc1ccc(/C=C\C(=O)N[C@H]2CC(=O)N(c3ccc(F)cc3)C2)cc1OC. The largest absolute Gasteiger partial charge is 0.493 e. The van der Waals surface area contributed by atoms with Crippen LogP contribution in [0.1, 0.15) is 12.0 Å². The molecule has 1 fully saturated rings. The summed E-state index contributed by atoms with van der Waals surface area (Å²) in [4.78, 5) is 26.0. The zero-order valence-electron chi connectivity index (χ0n) is 15.6. The number of anilines is 1. The van der Waals surface area contributed by atoms with Crippen molar-refractivity contribution in [3.05, 3.63) is 59.9 Å². The normalized spacial score (nSPS) is 16.5. The van der Waals surface area contributed by atoms with Gasteiger partial charge in [-0.1, -0.05) is 6.07 Å². The predicted molar refractivity (Wildman–Crippen MR) is 104 cm³/mol. The molecule has 1 N–H and O–H groups in total. The van der Waals surface area contributed by atoms with E-state index >= 15 is 0 Å². The van der Waals surface area contributed by atoms with Crippen molar-refractivity contribution in [1.29, 1.82) is 0 Å². The molecule has 1 aliphatic rings. The quantitative estimate of drug-likeness (QED) is 0.778. The van der Waals surface area contributed by atoms with Gasteiger partial charge in [-0.25, -0.2) is 4.39 Å². The molecule has 1 atom stereocenters. The molecular weight excluding hydrogens is 363 g/mol. The first-order valence-electron chi connectivity index (χ1n) is 8.76. The number of rotatable bonds is 6. The molecule has 7 heteroatoms. The highest BCUT2D eigenvalue weighted by Crippen LogP contribution is 2.28. The minimum absolute atomic E-state index is 0.110. The molecule has 1 heterocycles. The summed E-state index contributed by atoms with van der Waals surface area (Å²) in [5.41, 5.74) is 1.40. The molecule has 0 bridgehead atoms. The second-order valence-electron chi connectivity index (χ2n) is 6.34. The molecule has 0 spiro atoms. The van der Waals surface area contributed by atoms with E-state index in [2.05, 4.69) is 5.32 Å². The average Bonchev–Trinajstić information content (AvgIpc) is 3.06. The average molecular weight is 384 g/mol. The summed E-state index contributed by atoms with van der Waals surface area (Å²) in [7, 11) is 3.10. The monoisotopic (exact) mass is 384 g/mol. The fourth-order valence-electron chi connectivity index (χ4n) is 3.05. The van der Waals surface area contributed by atoms with E-state index in [0.29, 0.717) is 23.7 Å². The van der Waals surface area contributed by atoms with Crippen LogP contribution in [0.5, 0.6) is 11.5 Å². The van der Waals surface area contributed by atoms with E-state index in [-0.39, 0.29) is 30.1 Å². The molecule has 0 aliphatic carbocycles. The van der Waals surface area contributed by atoms with E-state index in [9.17, 15) is 14.0 Å². The van der Waals surface area contributed by atoms with Crippen LogP contribution in [0.4, 0.5) is 10.1 Å². The van der Waals surface area contributed by atoms with E-state index in [4.69, 9.17) is 9.47 Å². The van der Waals surface area contributed by atoms with Crippen molar-refractivity contribution in [2.75, 3.05) is 25.7 Å². The molecular formula is C21H21FN2O4. The van der Waals surface area contributed by atoms with E-state index in [0.717, 1.165) is 5.56 Å². The van der Waals surface area contributed by atoms with Crippen LogP contribution in [0.3, 0.4) is 0 Å². The lowest BCUT2D eigenvalue weighted by atomic mass is 10.2. The van der Waals surface area contributed by atoms with Crippen LogP contribution in [0, 0.1) is 5.82 Å². The maximum Gasteiger partial charge on any atom is 0.244 e. The molecule has 2 aromatic rings. The molecule has 1 aliphatic heterocycles. The Balaban J connectivity index is 1.60. The number of methoxy groups -OCH3 is 2. The molecule has 2 amide bonds. The minimum Gasteiger partial charge on any atom is -0.493 e. The first kappa shape index (κ1) is 19.4. The maximum atomic E-state index is 13.1. The van der Waals surface area contributed by atoms with Crippen LogP contribution >= 0.6 is 0 Å². The van der Waals surface area contributed by atoms with E-state index in [1.807, 2.05) is 0 Å². The molecule has 0 radical (unpaired) electrons. The second kappa shape index (κ2) is 8.56. The number of carbonyl (C=O) groups is 2. The Morgan fingerprint density at radius 1 is 1.14 bits per heavy atom. The van der Waals surface area contributed by atoms with Crippen molar-refractivity contribution in [2.24, 2.45) is 0 Å². The molecule has 1 saturated heterocycles. The highest BCUT2D eigenvalue weighted by atomic mass is 19.1. The molecule has 0 unspecified atom stereocenters. The van der Waals surface area contributed by atoms with Crippen LogP contribution in [-0.4, -0.2) is 38.6 Å². The predicted octanol–water partition coefficient (Wildman–Crippen LogP) is 2.78.